The van der Waals surface area contributed by atoms with Crippen LogP contribution in [0.1, 0.15) is 6.92 Å². The number of amides is 1. The van der Waals surface area contributed by atoms with Crippen molar-refractivity contribution in [1.29, 1.82) is 0 Å². The Morgan fingerprint density at radius 3 is 2.49 bits per heavy atom. The van der Waals surface area contributed by atoms with Gasteiger partial charge in [-0.15, -0.1) is 0 Å². The monoisotopic (exact) mass is 598 g/mol. The fourth-order valence-electron chi connectivity index (χ4n) is 4.14. The van der Waals surface area contributed by atoms with Crippen LogP contribution < -0.4 is 26.0 Å². The molecular weight excluding hydrogens is 559 g/mol. The van der Waals surface area contributed by atoms with Crippen LogP contribution in [0.15, 0.2) is 82.7 Å². The molecule has 1 saturated heterocycles. The van der Waals surface area contributed by atoms with Gasteiger partial charge in [-0.1, -0.05) is 36.4 Å². The van der Waals surface area contributed by atoms with Gasteiger partial charge in [-0.2, -0.15) is 0 Å². The van der Waals surface area contributed by atoms with Gasteiger partial charge in [-0.3, -0.25) is 9.69 Å². The number of piperazine rings is 1. The largest absolute Gasteiger partial charge is 0.495 e. The molecule has 0 bridgehead atoms. The molecule has 0 aromatic heterocycles. The Hall–Kier alpha value is -3.36. The number of hydrogen-bond donors (Lipinski definition) is 3. The molecule has 1 heterocycles. The molecule has 11 heteroatoms. The van der Waals surface area contributed by atoms with Crippen LogP contribution in [0.3, 0.4) is 0 Å². The van der Waals surface area contributed by atoms with Crippen molar-refractivity contribution in [1.82, 2.24) is 9.80 Å². The second kappa shape index (κ2) is 15.0. The molecule has 0 saturated carbocycles. The van der Waals surface area contributed by atoms with Gasteiger partial charge in [0.1, 0.15) is 18.7 Å². The Balaban J connectivity index is 1.61. The highest BCUT2D eigenvalue weighted by Crippen LogP contribution is 2.38. The van der Waals surface area contributed by atoms with Crippen molar-refractivity contribution in [2.45, 2.75) is 6.92 Å². The summed E-state index contributed by atoms with van der Waals surface area (Å²) in [7, 11) is 1.20. The third-order valence-corrected chi connectivity index (χ3v) is 8.40. The van der Waals surface area contributed by atoms with Crippen molar-refractivity contribution >= 4 is 53.2 Å². The number of benzene rings is 2. The summed E-state index contributed by atoms with van der Waals surface area (Å²) >= 11 is 6.48. The maximum atomic E-state index is 12.7. The van der Waals surface area contributed by atoms with Crippen molar-refractivity contribution < 1.29 is 14.1 Å². The summed E-state index contributed by atoms with van der Waals surface area (Å²) < 4.78 is 18.1. The van der Waals surface area contributed by atoms with Crippen LogP contribution >= 0.6 is 18.7 Å². The molecule has 3 rings (SSSR count). The number of nitrogens with one attached hydrogen (secondary N) is 3. The summed E-state index contributed by atoms with van der Waals surface area (Å²) in [6.45, 7) is 14.0. The standard InChI is InChI=1S/C30H40ClN6O3P/c1-22(33-26-10-7-8-11-29(26)41(5,6)39)25(31)21-32-23(2)34-27-20-24(13-14-28(27)40-4)35-30(38)12-9-15-37-18-16-36(3)17-19-37/h7-14,20-21,33-34H,2,15-19H2,1,3-6H3,(H,35,38)/b12-9+,25-22-,32-21?. The molecule has 9 nitrogen and oxygen atoms in total. The van der Waals surface area contributed by atoms with Crippen molar-refractivity contribution in [2.24, 2.45) is 4.99 Å². The van der Waals surface area contributed by atoms with Crippen molar-refractivity contribution in [2.75, 3.05) is 76.2 Å². The van der Waals surface area contributed by atoms with Gasteiger partial charge in [0, 0.05) is 67.4 Å². The SMILES string of the molecule is C=C(N=C/C(Cl)=C(\C)Nc1ccccc1P(C)(C)=O)Nc1cc(NC(=O)/C=C/CN2CCN(C)CC2)ccc1OC. The molecule has 220 valence electrons. The number of rotatable bonds is 12. The number of likely N-dealkylation sites (N-methyl/N-ethyl adjacent to an activating group) is 1. The van der Waals surface area contributed by atoms with E-state index in [1.807, 2.05) is 37.3 Å². The van der Waals surface area contributed by atoms with E-state index in [1.165, 1.54) is 6.21 Å². The number of carbonyl (C=O) groups is 1. The lowest BCUT2D eigenvalue weighted by Crippen LogP contribution is -2.44. The minimum Gasteiger partial charge on any atom is -0.495 e. The first-order valence-corrected chi connectivity index (χ1v) is 16.3. The number of halogens is 1. The zero-order chi connectivity index (χ0) is 30.0. The van der Waals surface area contributed by atoms with Gasteiger partial charge in [0.2, 0.25) is 5.91 Å². The molecule has 3 N–H and O–H groups in total. The molecule has 41 heavy (non-hydrogen) atoms. The van der Waals surface area contributed by atoms with Crippen molar-refractivity contribution in [3.8, 4) is 5.75 Å². The molecule has 0 atom stereocenters. The molecule has 2 aromatic carbocycles. The van der Waals surface area contributed by atoms with E-state index in [0.717, 1.165) is 43.7 Å². The lowest BCUT2D eigenvalue weighted by atomic mass is 10.2. The average molecular weight is 599 g/mol. The third-order valence-electron chi connectivity index (χ3n) is 6.47. The maximum Gasteiger partial charge on any atom is 0.248 e. The lowest BCUT2D eigenvalue weighted by molar-refractivity contribution is -0.111. The smallest absolute Gasteiger partial charge is 0.248 e. The molecular formula is C30H40ClN6O3P. The average Bonchev–Trinajstić information content (AvgIpc) is 2.92. The van der Waals surface area contributed by atoms with E-state index in [-0.39, 0.29) is 5.91 Å². The Kier molecular flexibility index (Phi) is 11.8. The van der Waals surface area contributed by atoms with E-state index in [1.54, 1.807) is 44.7 Å². The van der Waals surface area contributed by atoms with Crippen LogP contribution in [0.2, 0.25) is 0 Å². The molecule has 1 fully saturated rings. The maximum absolute atomic E-state index is 12.7. The zero-order valence-electron chi connectivity index (χ0n) is 24.4. The molecule has 0 spiro atoms. The number of aliphatic imine (C=N–C) groups is 1. The van der Waals surface area contributed by atoms with Crippen LogP contribution in [0.25, 0.3) is 0 Å². The molecule has 2 aromatic rings. The van der Waals surface area contributed by atoms with E-state index < -0.39 is 7.14 Å². The highest BCUT2D eigenvalue weighted by molar-refractivity contribution is 7.70. The second-order valence-electron chi connectivity index (χ2n) is 10.2. The molecule has 1 aliphatic rings. The summed E-state index contributed by atoms with van der Waals surface area (Å²) in [6, 6.07) is 12.7. The van der Waals surface area contributed by atoms with Crippen LogP contribution in [-0.2, 0) is 9.36 Å². The quantitative estimate of drug-likeness (QED) is 0.175. The number of allylic oxidation sites excluding steroid dienone is 2. The minimum absolute atomic E-state index is 0.212. The zero-order valence-corrected chi connectivity index (χ0v) is 26.1. The van der Waals surface area contributed by atoms with E-state index in [2.05, 4.69) is 44.4 Å². The van der Waals surface area contributed by atoms with Gasteiger partial charge in [-0.25, -0.2) is 4.99 Å². The topological polar surface area (TPSA) is 98.3 Å². The van der Waals surface area contributed by atoms with Crippen LogP contribution in [0.4, 0.5) is 17.1 Å². The van der Waals surface area contributed by atoms with Gasteiger partial charge in [0.05, 0.1) is 17.8 Å². The molecule has 0 unspecified atom stereocenters. The Morgan fingerprint density at radius 2 is 1.80 bits per heavy atom. The third kappa shape index (κ3) is 10.2. The molecule has 0 radical (unpaired) electrons. The number of para-hydroxylation sites is 1. The molecule has 1 aliphatic heterocycles. The van der Waals surface area contributed by atoms with Crippen molar-refractivity contribution in [3.63, 3.8) is 0 Å². The van der Waals surface area contributed by atoms with E-state index in [9.17, 15) is 9.36 Å². The Morgan fingerprint density at radius 1 is 1.10 bits per heavy atom. The summed E-state index contributed by atoms with van der Waals surface area (Å²) in [5, 5.41) is 10.3. The number of hydrogen-bond acceptors (Lipinski definition) is 8. The Bertz CT molecular complexity index is 1380. The minimum atomic E-state index is -2.48. The van der Waals surface area contributed by atoms with Gasteiger partial charge in [0.15, 0.2) is 0 Å². The summed E-state index contributed by atoms with van der Waals surface area (Å²) in [5.74, 6) is 0.664. The van der Waals surface area contributed by atoms with Crippen LogP contribution in [0.5, 0.6) is 5.75 Å². The fourth-order valence-corrected chi connectivity index (χ4v) is 5.39. The fraction of sp³-hybridized carbons (Fsp3) is 0.333. The van der Waals surface area contributed by atoms with Crippen LogP contribution in [-0.4, -0.2) is 82.1 Å². The molecule has 1 amide bonds. The predicted molar refractivity (Wildman–Crippen MR) is 174 cm³/mol. The summed E-state index contributed by atoms with van der Waals surface area (Å²) in [6.07, 6.45) is 4.92. The number of carbonyl (C=O) groups excluding carboxylic acids is 1. The number of nitrogens with zero attached hydrogens (tertiary/aromatic N) is 3. The number of ether oxygens (including phenoxy) is 1. The number of anilines is 3. The van der Waals surface area contributed by atoms with Crippen molar-refractivity contribution in [3.05, 3.63) is 77.7 Å². The normalized spacial score (nSPS) is 15.6. The first-order chi connectivity index (χ1) is 19.5. The first kappa shape index (κ1) is 32.2. The Labute approximate surface area is 248 Å². The van der Waals surface area contributed by atoms with Gasteiger partial charge >= 0.3 is 0 Å². The highest BCUT2D eigenvalue weighted by atomic mass is 35.5. The van der Waals surface area contributed by atoms with E-state index in [0.29, 0.717) is 33.7 Å². The van der Waals surface area contributed by atoms with E-state index in [4.69, 9.17) is 16.3 Å². The van der Waals surface area contributed by atoms with Gasteiger partial charge in [0.25, 0.3) is 0 Å². The number of methoxy groups -OCH3 is 1. The predicted octanol–water partition coefficient (Wildman–Crippen LogP) is 5.22. The van der Waals surface area contributed by atoms with Gasteiger partial charge in [-0.05, 0) is 57.6 Å². The first-order valence-electron chi connectivity index (χ1n) is 13.3. The van der Waals surface area contributed by atoms with E-state index >= 15 is 0 Å². The second-order valence-corrected chi connectivity index (χ2v) is 13.8. The summed E-state index contributed by atoms with van der Waals surface area (Å²) in [5.41, 5.74) is 2.56. The highest BCUT2D eigenvalue weighted by Gasteiger charge is 2.16. The lowest BCUT2D eigenvalue weighted by Gasteiger charge is -2.31. The van der Waals surface area contributed by atoms with Crippen LogP contribution in [0, 0.1) is 0 Å². The summed E-state index contributed by atoms with van der Waals surface area (Å²) in [4.78, 5) is 21.4. The van der Waals surface area contributed by atoms with Gasteiger partial charge < -0.3 is 30.2 Å². The molecule has 0 aliphatic carbocycles.